The Kier molecular flexibility index (Phi) is 4.57. The zero-order valence-electron chi connectivity index (χ0n) is 12.0. The molecule has 0 aliphatic rings. The lowest BCUT2D eigenvalue weighted by atomic mass is 10.1. The molecule has 0 saturated carbocycles. The van der Waals surface area contributed by atoms with E-state index >= 15 is 0 Å². The van der Waals surface area contributed by atoms with Crippen LogP contribution in [0, 0.1) is 25.2 Å². The van der Waals surface area contributed by atoms with Crippen molar-refractivity contribution in [2.24, 2.45) is 0 Å². The van der Waals surface area contributed by atoms with E-state index in [9.17, 15) is 4.79 Å². The van der Waals surface area contributed by atoms with Gasteiger partial charge in [-0.15, -0.1) is 0 Å². The summed E-state index contributed by atoms with van der Waals surface area (Å²) in [5, 5.41) is 11.4. The molecule has 0 saturated heterocycles. The molecular formula is C17H16N2O2. The van der Waals surface area contributed by atoms with Gasteiger partial charge in [-0.1, -0.05) is 17.7 Å². The van der Waals surface area contributed by atoms with E-state index in [4.69, 9.17) is 10.00 Å². The summed E-state index contributed by atoms with van der Waals surface area (Å²) in [5.74, 6) is 0.468. The van der Waals surface area contributed by atoms with Crippen LogP contribution in [0.4, 0.5) is 5.69 Å². The van der Waals surface area contributed by atoms with Crippen molar-refractivity contribution in [3.05, 3.63) is 59.2 Å². The number of ether oxygens (including phenoxy) is 1. The average molecular weight is 280 g/mol. The molecule has 0 bridgehead atoms. The molecule has 0 aliphatic heterocycles. The largest absolute Gasteiger partial charge is 0.483 e. The Morgan fingerprint density at radius 2 is 1.90 bits per heavy atom. The lowest BCUT2D eigenvalue weighted by Crippen LogP contribution is -2.20. The molecule has 2 aromatic carbocycles. The van der Waals surface area contributed by atoms with E-state index in [1.165, 1.54) is 0 Å². The normalized spacial score (nSPS) is 9.76. The van der Waals surface area contributed by atoms with Crippen LogP contribution in [0.15, 0.2) is 42.5 Å². The van der Waals surface area contributed by atoms with Crippen molar-refractivity contribution >= 4 is 11.6 Å². The highest BCUT2D eigenvalue weighted by atomic mass is 16.5. The van der Waals surface area contributed by atoms with Gasteiger partial charge in [0.2, 0.25) is 0 Å². The van der Waals surface area contributed by atoms with Crippen LogP contribution in [0.25, 0.3) is 0 Å². The molecule has 4 heteroatoms. The highest BCUT2D eigenvalue weighted by molar-refractivity contribution is 5.91. The second-order valence-corrected chi connectivity index (χ2v) is 4.79. The Balaban J connectivity index is 1.91. The molecule has 1 N–H and O–H groups in total. The van der Waals surface area contributed by atoms with Gasteiger partial charge in [0, 0.05) is 5.69 Å². The molecule has 0 unspecified atom stereocenters. The van der Waals surface area contributed by atoms with Gasteiger partial charge in [0.1, 0.15) is 5.75 Å². The predicted molar refractivity (Wildman–Crippen MR) is 81.2 cm³/mol. The molecule has 2 rings (SSSR count). The molecule has 0 aliphatic carbocycles. The molecule has 0 spiro atoms. The summed E-state index contributed by atoms with van der Waals surface area (Å²) in [5.41, 5.74) is 3.35. The van der Waals surface area contributed by atoms with Gasteiger partial charge in [0.15, 0.2) is 6.61 Å². The Morgan fingerprint density at radius 1 is 1.19 bits per heavy atom. The average Bonchev–Trinajstić information content (AvgIpc) is 2.47. The minimum Gasteiger partial charge on any atom is -0.483 e. The fourth-order valence-electron chi connectivity index (χ4n) is 1.93. The summed E-state index contributed by atoms with van der Waals surface area (Å²) in [4.78, 5) is 11.8. The molecule has 0 atom stereocenters. The zero-order valence-corrected chi connectivity index (χ0v) is 12.0. The number of nitriles is 1. The van der Waals surface area contributed by atoms with Gasteiger partial charge in [-0.05, 0) is 49.7 Å². The fourth-order valence-corrected chi connectivity index (χ4v) is 1.93. The maximum atomic E-state index is 11.8. The van der Waals surface area contributed by atoms with E-state index in [1.807, 2.05) is 38.1 Å². The van der Waals surface area contributed by atoms with Crippen LogP contribution in [0.3, 0.4) is 0 Å². The van der Waals surface area contributed by atoms with Crippen LogP contribution in [0.5, 0.6) is 5.75 Å². The van der Waals surface area contributed by atoms with Gasteiger partial charge in [0.25, 0.3) is 5.91 Å². The number of carbonyl (C=O) groups excluding carboxylic acids is 1. The number of rotatable bonds is 4. The SMILES string of the molecule is Cc1ccc(OCC(=O)Nc2ccc(C#N)cc2)c(C)c1. The first kappa shape index (κ1) is 14.6. The molecular weight excluding hydrogens is 264 g/mol. The van der Waals surface area contributed by atoms with Gasteiger partial charge in [-0.25, -0.2) is 0 Å². The number of nitrogens with zero attached hydrogens (tertiary/aromatic N) is 1. The highest BCUT2D eigenvalue weighted by Crippen LogP contribution is 2.18. The number of nitrogens with one attached hydrogen (secondary N) is 1. The number of amides is 1. The minimum atomic E-state index is -0.236. The number of hydrogen-bond donors (Lipinski definition) is 1. The van der Waals surface area contributed by atoms with E-state index in [0.29, 0.717) is 17.0 Å². The van der Waals surface area contributed by atoms with Crippen LogP contribution in [0.1, 0.15) is 16.7 Å². The first-order valence-electron chi connectivity index (χ1n) is 6.58. The number of aryl methyl sites for hydroxylation is 2. The van der Waals surface area contributed by atoms with Crippen molar-refractivity contribution in [1.29, 1.82) is 5.26 Å². The van der Waals surface area contributed by atoms with Gasteiger partial charge < -0.3 is 10.1 Å². The zero-order chi connectivity index (χ0) is 15.2. The van der Waals surface area contributed by atoms with Gasteiger partial charge in [-0.3, -0.25) is 4.79 Å². The number of hydrogen-bond acceptors (Lipinski definition) is 3. The Bertz CT molecular complexity index is 685. The first-order chi connectivity index (χ1) is 10.1. The third-order valence-electron chi connectivity index (χ3n) is 2.99. The molecule has 2 aromatic rings. The molecule has 0 aromatic heterocycles. The number of anilines is 1. The van der Waals surface area contributed by atoms with E-state index in [2.05, 4.69) is 5.32 Å². The maximum Gasteiger partial charge on any atom is 0.262 e. The van der Waals surface area contributed by atoms with Crippen molar-refractivity contribution in [3.63, 3.8) is 0 Å². The standard InChI is InChI=1S/C17H16N2O2/c1-12-3-8-16(13(2)9-12)21-11-17(20)19-15-6-4-14(10-18)5-7-15/h3-9H,11H2,1-2H3,(H,19,20). The topological polar surface area (TPSA) is 62.1 Å². The molecule has 4 nitrogen and oxygen atoms in total. The van der Waals surface area contributed by atoms with Crippen LogP contribution in [0.2, 0.25) is 0 Å². The summed E-state index contributed by atoms with van der Waals surface area (Å²) in [6.45, 7) is 3.90. The quantitative estimate of drug-likeness (QED) is 0.935. The summed E-state index contributed by atoms with van der Waals surface area (Å²) in [6, 6.07) is 14.5. The second kappa shape index (κ2) is 6.58. The third kappa shape index (κ3) is 4.08. The smallest absolute Gasteiger partial charge is 0.262 e. The van der Waals surface area contributed by atoms with E-state index < -0.39 is 0 Å². The lowest BCUT2D eigenvalue weighted by Gasteiger charge is -2.10. The Morgan fingerprint density at radius 3 is 2.52 bits per heavy atom. The lowest BCUT2D eigenvalue weighted by molar-refractivity contribution is -0.118. The van der Waals surface area contributed by atoms with E-state index in [-0.39, 0.29) is 12.5 Å². The molecule has 1 amide bonds. The second-order valence-electron chi connectivity index (χ2n) is 4.79. The monoisotopic (exact) mass is 280 g/mol. The van der Waals surface area contributed by atoms with Gasteiger partial charge in [-0.2, -0.15) is 5.26 Å². The van der Waals surface area contributed by atoms with Crippen LogP contribution in [-0.2, 0) is 4.79 Å². The molecule has 0 heterocycles. The van der Waals surface area contributed by atoms with Crippen molar-refractivity contribution in [2.45, 2.75) is 13.8 Å². The third-order valence-corrected chi connectivity index (χ3v) is 2.99. The predicted octanol–water partition coefficient (Wildman–Crippen LogP) is 3.19. The Labute approximate surface area is 124 Å². The maximum absolute atomic E-state index is 11.8. The van der Waals surface area contributed by atoms with Crippen LogP contribution < -0.4 is 10.1 Å². The van der Waals surface area contributed by atoms with Crippen molar-refractivity contribution in [2.75, 3.05) is 11.9 Å². The van der Waals surface area contributed by atoms with Crippen molar-refractivity contribution in [1.82, 2.24) is 0 Å². The molecule has 21 heavy (non-hydrogen) atoms. The summed E-state index contributed by atoms with van der Waals surface area (Å²) in [7, 11) is 0. The molecule has 0 radical (unpaired) electrons. The van der Waals surface area contributed by atoms with Gasteiger partial charge >= 0.3 is 0 Å². The first-order valence-corrected chi connectivity index (χ1v) is 6.58. The highest BCUT2D eigenvalue weighted by Gasteiger charge is 2.05. The van der Waals surface area contributed by atoms with Crippen LogP contribution >= 0.6 is 0 Å². The number of benzene rings is 2. The summed E-state index contributed by atoms with van der Waals surface area (Å²) >= 11 is 0. The summed E-state index contributed by atoms with van der Waals surface area (Å²) in [6.07, 6.45) is 0. The fraction of sp³-hybridized carbons (Fsp3) is 0.176. The minimum absolute atomic E-state index is 0.0517. The number of carbonyl (C=O) groups is 1. The summed E-state index contributed by atoms with van der Waals surface area (Å²) < 4.78 is 5.51. The Hall–Kier alpha value is -2.80. The van der Waals surface area contributed by atoms with Crippen LogP contribution in [-0.4, -0.2) is 12.5 Å². The van der Waals surface area contributed by atoms with E-state index in [0.717, 1.165) is 11.1 Å². The van der Waals surface area contributed by atoms with E-state index in [1.54, 1.807) is 24.3 Å². The van der Waals surface area contributed by atoms with Gasteiger partial charge in [0.05, 0.1) is 11.6 Å². The molecule has 106 valence electrons. The molecule has 0 fully saturated rings. The van der Waals surface area contributed by atoms with Crippen molar-refractivity contribution in [3.8, 4) is 11.8 Å². The van der Waals surface area contributed by atoms with Crippen molar-refractivity contribution < 1.29 is 9.53 Å².